The van der Waals surface area contributed by atoms with Crippen LogP contribution in [-0.2, 0) is 18.3 Å². The van der Waals surface area contributed by atoms with Gasteiger partial charge >= 0.3 is 0 Å². The van der Waals surface area contributed by atoms with Crippen molar-refractivity contribution in [1.82, 2.24) is 9.55 Å². The topological polar surface area (TPSA) is 34.9 Å². The van der Waals surface area contributed by atoms with Gasteiger partial charge in [0, 0.05) is 25.6 Å². The Morgan fingerprint density at radius 3 is 2.77 bits per heavy atom. The van der Waals surface area contributed by atoms with Crippen molar-refractivity contribution >= 4 is 5.78 Å². The van der Waals surface area contributed by atoms with Crippen LogP contribution in [0.3, 0.4) is 0 Å². The van der Waals surface area contributed by atoms with Crippen LogP contribution >= 0.6 is 0 Å². The molecule has 0 amide bonds. The maximum atomic E-state index is 11.3. The fourth-order valence-corrected chi connectivity index (χ4v) is 1.14. The Kier molecular flexibility index (Phi) is 3.23. The average molecular weight is 180 g/mol. The molecule has 0 aliphatic rings. The molecule has 0 atom stereocenters. The lowest BCUT2D eigenvalue weighted by Gasteiger charge is -2.01. The average Bonchev–Trinajstić information content (AvgIpc) is 2.47. The van der Waals surface area contributed by atoms with Crippen molar-refractivity contribution in [3.63, 3.8) is 0 Å². The number of ketones is 1. The minimum atomic E-state index is 0.142. The van der Waals surface area contributed by atoms with E-state index in [1.54, 1.807) is 6.33 Å². The van der Waals surface area contributed by atoms with Gasteiger partial charge in [-0.1, -0.05) is 13.8 Å². The quantitative estimate of drug-likeness (QED) is 0.705. The van der Waals surface area contributed by atoms with Crippen LogP contribution in [0.2, 0.25) is 0 Å². The molecule has 0 saturated carbocycles. The normalized spacial score (nSPS) is 10.8. The van der Waals surface area contributed by atoms with Crippen molar-refractivity contribution < 1.29 is 4.79 Å². The summed E-state index contributed by atoms with van der Waals surface area (Å²) in [4.78, 5) is 15.4. The molecule has 0 spiro atoms. The molecule has 0 unspecified atom stereocenters. The third-order valence-electron chi connectivity index (χ3n) is 2.03. The Hall–Kier alpha value is -1.12. The maximum absolute atomic E-state index is 11.3. The minimum Gasteiger partial charge on any atom is -0.340 e. The number of imidazole rings is 1. The number of carbonyl (C=O) groups excluding carboxylic acids is 1. The van der Waals surface area contributed by atoms with Crippen LogP contribution < -0.4 is 0 Å². The highest BCUT2D eigenvalue weighted by Gasteiger charge is 2.07. The summed E-state index contributed by atoms with van der Waals surface area (Å²) in [6.07, 6.45) is 5.08. The van der Waals surface area contributed by atoms with Crippen LogP contribution in [0.4, 0.5) is 0 Å². The number of nitrogens with zero attached hydrogens (tertiary/aromatic N) is 2. The molecule has 1 aromatic heterocycles. The smallest absolute Gasteiger partial charge is 0.135 e. The first-order valence-corrected chi connectivity index (χ1v) is 4.59. The highest BCUT2D eigenvalue weighted by Crippen LogP contribution is 2.04. The van der Waals surface area contributed by atoms with Gasteiger partial charge in [0.05, 0.1) is 12.0 Å². The number of hydrogen-bond acceptors (Lipinski definition) is 2. The number of aromatic nitrogens is 2. The lowest BCUT2D eigenvalue weighted by molar-refractivity contribution is -0.121. The zero-order valence-corrected chi connectivity index (χ0v) is 8.45. The number of carbonyl (C=O) groups is 1. The first-order valence-electron chi connectivity index (χ1n) is 4.59. The van der Waals surface area contributed by atoms with Crippen LogP contribution in [0.15, 0.2) is 12.5 Å². The second-order valence-electron chi connectivity index (χ2n) is 3.65. The zero-order chi connectivity index (χ0) is 9.84. The molecule has 3 nitrogen and oxygen atoms in total. The summed E-state index contributed by atoms with van der Waals surface area (Å²) >= 11 is 0. The fourth-order valence-electron chi connectivity index (χ4n) is 1.14. The summed E-state index contributed by atoms with van der Waals surface area (Å²) in [5, 5.41) is 0. The molecule has 0 aliphatic carbocycles. The van der Waals surface area contributed by atoms with E-state index < -0.39 is 0 Å². The third kappa shape index (κ3) is 3.01. The predicted octanol–water partition coefficient (Wildman–Crippen LogP) is 1.58. The van der Waals surface area contributed by atoms with Crippen molar-refractivity contribution in [1.29, 1.82) is 0 Å². The Morgan fingerprint density at radius 1 is 1.62 bits per heavy atom. The van der Waals surface area contributed by atoms with E-state index in [0.29, 0.717) is 12.2 Å². The molecule has 72 valence electrons. The number of rotatable bonds is 4. The molecular weight excluding hydrogens is 164 g/mol. The Morgan fingerprint density at radius 2 is 2.31 bits per heavy atom. The molecule has 1 heterocycles. The van der Waals surface area contributed by atoms with Crippen LogP contribution in [-0.4, -0.2) is 15.3 Å². The summed E-state index contributed by atoms with van der Waals surface area (Å²) in [6.45, 7) is 3.86. The van der Waals surface area contributed by atoms with Gasteiger partial charge in [0.25, 0.3) is 0 Å². The van der Waals surface area contributed by atoms with Gasteiger partial charge in [-0.25, -0.2) is 4.98 Å². The molecule has 3 heteroatoms. The minimum absolute atomic E-state index is 0.142. The van der Waals surface area contributed by atoms with Gasteiger partial charge in [-0.3, -0.25) is 4.79 Å². The second-order valence-corrected chi connectivity index (χ2v) is 3.65. The molecule has 0 aromatic carbocycles. The number of hydrogen-bond donors (Lipinski definition) is 0. The van der Waals surface area contributed by atoms with Crippen LogP contribution in [0.5, 0.6) is 0 Å². The molecule has 0 aliphatic heterocycles. The lowest BCUT2D eigenvalue weighted by atomic mass is 10.0. The predicted molar refractivity (Wildman–Crippen MR) is 51.4 cm³/mol. The lowest BCUT2D eigenvalue weighted by Crippen LogP contribution is -2.07. The Bertz CT molecular complexity index is 289. The molecular formula is C10H16N2O. The molecule has 1 aromatic rings. The van der Waals surface area contributed by atoms with Gasteiger partial charge in [-0.05, 0) is 6.42 Å². The highest BCUT2D eigenvalue weighted by atomic mass is 16.1. The monoisotopic (exact) mass is 180 g/mol. The molecule has 0 saturated heterocycles. The maximum Gasteiger partial charge on any atom is 0.135 e. The molecule has 0 bridgehead atoms. The largest absolute Gasteiger partial charge is 0.340 e. The molecule has 0 fully saturated rings. The summed E-state index contributed by atoms with van der Waals surface area (Å²) in [6, 6.07) is 0. The molecule has 1 rings (SSSR count). The van der Waals surface area contributed by atoms with E-state index >= 15 is 0 Å². The standard InChI is InChI=1S/C10H16N2O/c1-8(2)10(13)5-4-9-6-12(3)7-11-9/h6-8H,4-5H2,1-3H3. The first kappa shape index (κ1) is 9.96. The Labute approximate surface area is 78.8 Å². The summed E-state index contributed by atoms with van der Waals surface area (Å²) < 4.78 is 1.90. The van der Waals surface area contributed by atoms with E-state index in [-0.39, 0.29) is 5.92 Å². The van der Waals surface area contributed by atoms with Gasteiger partial charge in [0.1, 0.15) is 5.78 Å². The van der Waals surface area contributed by atoms with Gasteiger partial charge in [0.2, 0.25) is 0 Å². The van der Waals surface area contributed by atoms with E-state index in [1.165, 1.54) is 0 Å². The number of aryl methyl sites for hydroxylation is 2. The van der Waals surface area contributed by atoms with Crippen molar-refractivity contribution in [2.45, 2.75) is 26.7 Å². The van der Waals surface area contributed by atoms with Gasteiger partial charge in [-0.2, -0.15) is 0 Å². The van der Waals surface area contributed by atoms with E-state index in [2.05, 4.69) is 4.98 Å². The SMILES string of the molecule is CC(C)C(=O)CCc1cn(C)cn1. The first-order chi connectivity index (χ1) is 6.09. The molecule has 0 radical (unpaired) electrons. The highest BCUT2D eigenvalue weighted by molar-refractivity contribution is 5.80. The van der Waals surface area contributed by atoms with E-state index in [4.69, 9.17) is 0 Å². The second kappa shape index (κ2) is 4.21. The third-order valence-corrected chi connectivity index (χ3v) is 2.03. The summed E-state index contributed by atoms with van der Waals surface area (Å²) in [5.41, 5.74) is 0.997. The number of Topliss-reactive ketones (excluding diaryl/α,β-unsaturated/α-hetero) is 1. The van der Waals surface area contributed by atoms with Gasteiger partial charge in [0.15, 0.2) is 0 Å². The van der Waals surface area contributed by atoms with Crippen molar-refractivity contribution in [2.75, 3.05) is 0 Å². The summed E-state index contributed by atoms with van der Waals surface area (Å²) in [5.74, 6) is 0.453. The Balaban J connectivity index is 2.39. The van der Waals surface area contributed by atoms with E-state index in [1.807, 2.05) is 31.7 Å². The summed E-state index contributed by atoms with van der Waals surface area (Å²) in [7, 11) is 1.93. The van der Waals surface area contributed by atoms with E-state index in [9.17, 15) is 4.79 Å². The fraction of sp³-hybridized carbons (Fsp3) is 0.600. The van der Waals surface area contributed by atoms with Crippen LogP contribution in [0, 0.1) is 5.92 Å². The van der Waals surface area contributed by atoms with E-state index in [0.717, 1.165) is 12.1 Å². The molecule has 0 N–H and O–H groups in total. The van der Waals surface area contributed by atoms with Crippen molar-refractivity contribution in [2.24, 2.45) is 13.0 Å². The van der Waals surface area contributed by atoms with Crippen LogP contribution in [0.1, 0.15) is 26.0 Å². The molecule has 13 heavy (non-hydrogen) atoms. The zero-order valence-electron chi connectivity index (χ0n) is 8.45. The van der Waals surface area contributed by atoms with Gasteiger partial charge < -0.3 is 4.57 Å². The van der Waals surface area contributed by atoms with Crippen LogP contribution in [0.25, 0.3) is 0 Å². The van der Waals surface area contributed by atoms with Crippen molar-refractivity contribution in [3.8, 4) is 0 Å². The van der Waals surface area contributed by atoms with Crippen molar-refractivity contribution in [3.05, 3.63) is 18.2 Å². The van der Waals surface area contributed by atoms with Gasteiger partial charge in [-0.15, -0.1) is 0 Å².